The first-order valence-electron chi connectivity index (χ1n) is 16.2. The van der Waals surface area contributed by atoms with Crippen LogP contribution in [-0.4, -0.2) is 89.8 Å². The van der Waals surface area contributed by atoms with E-state index in [0.29, 0.717) is 34.0 Å². The standard InChI is InChI=1S/C36H44N6O3/c1-5-30(25-9-7-6-8-10-25)38-34(43)26-11-12-31-28(21-26)29(35(44)39-31)22-32-23(2)33(24(3)37-32)36(45)42-19-17-41(18-20-42)27-13-15-40(4)16-14-27/h6-12,21-22,27,30,37H,5,13-20H2,1-4H3,(H,38,43)(H,39,44)/b29-22-/t30-/m1/s1. The number of nitrogens with zero attached hydrogens (tertiary/aromatic N) is 3. The number of aromatic nitrogens is 1. The van der Waals surface area contributed by atoms with E-state index in [0.717, 1.165) is 68.2 Å². The number of piperidine rings is 1. The topological polar surface area (TPSA) is 101 Å². The normalized spacial score (nSPS) is 19.4. The van der Waals surface area contributed by atoms with Gasteiger partial charge in [0.2, 0.25) is 0 Å². The van der Waals surface area contributed by atoms with E-state index in [4.69, 9.17) is 0 Å². The molecule has 1 aromatic heterocycles. The van der Waals surface area contributed by atoms with Crippen molar-refractivity contribution in [1.29, 1.82) is 0 Å². The number of rotatable bonds is 7. The molecule has 0 radical (unpaired) electrons. The molecule has 9 nitrogen and oxygen atoms in total. The van der Waals surface area contributed by atoms with Crippen LogP contribution in [0.4, 0.5) is 5.69 Å². The second kappa shape index (κ2) is 13.0. The van der Waals surface area contributed by atoms with Gasteiger partial charge in [0.25, 0.3) is 17.7 Å². The number of amides is 3. The molecule has 2 aromatic carbocycles. The minimum absolute atomic E-state index is 0.0352. The number of aromatic amines is 1. The summed E-state index contributed by atoms with van der Waals surface area (Å²) in [5.41, 5.74) is 6.35. The molecular formula is C36H44N6O3. The summed E-state index contributed by atoms with van der Waals surface area (Å²) in [5, 5.41) is 6.06. The van der Waals surface area contributed by atoms with Crippen LogP contribution < -0.4 is 10.6 Å². The van der Waals surface area contributed by atoms with E-state index in [-0.39, 0.29) is 23.8 Å². The highest BCUT2D eigenvalue weighted by molar-refractivity contribution is 6.35. The number of benzene rings is 2. The third-order valence-corrected chi connectivity index (χ3v) is 9.76. The average Bonchev–Trinajstić information content (AvgIpc) is 3.52. The molecule has 0 aliphatic carbocycles. The van der Waals surface area contributed by atoms with Crippen molar-refractivity contribution in [3.63, 3.8) is 0 Å². The molecule has 3 aliphatic heterocycles. The maximum atomic E-state index is 13.8. The fraction of sp³-hybridized carbons (Fsp3) is 0.417. The average molecular weight is 609 g/mol. The molecule has 3 amide bonds. The lowest BCUT2D eigenvalue weighted by atomic mass is 10.00. The quantitative estimate of drug-likeness (QED) is 0.333. The Kier molecular flexibility index (Phi) is 8.92. The first-order chi connectivity index (χ1) is 21.7. The van der Waals surface area contributed by atoms with Gasteiger partial charge in [-0.25, -0.2) is 0 Å². The SMILES string of the molecule is CC[C@@H](NC(=O)c1ccc2c(c1)/C(=C/c1[nH]c(C)c(C(=O)N3CCN(C4CCN(C)CC4)CC3)c1C)C(=O)N2)c1ccccc1. The molecule has 236 valence electrons. The number of hydrogen-bond acceptors (Lipinski definition) is 5. The smallest absolute Gasteiger partial charge is 0.256 e. The van der Waals surface area contributed by atoms with Gasteiger partial charge in [0.15, 0.2) is 0 Å². The number of carbonyl (C=O) groups excluding carboxylic acids is 3. The number of H-pyrrole nitrogens is 1. The zero-order chi connectivity index (χ0) is 31.7. The highest BCUT2D eigenvalue weighted by Gasteiger charge is 2.31. The number of carbonyl (C=O) groups is 3. The van der Waals surface area contributed by atoms with E-state index >= 15 is 0 Å². The third-order valence-electron chi connectivity index (χ3n) is 9.76. The zero-order valence-corrected chi connectivity index (χ0v) is 26.8. The molecule has 3 aliphatic rings. The minimum atomic E-state index is -0.233. The lowest BCUT2D eigenvalue weighted by Gasteiger charge is -2.42. The molecule has 6 rings (SSSR count). The Bertz CT molecular complexity index is 1610. The van der Waals surface area contributed by atoms with Crippen molar-refractivity contribution in [3.05, 3.63) is 87.7 Å². The van der Waals surface area contributed by atoms with Crippen LogP contribution >= 0.6 is 0 Å². The van der Waals surface area contributed by atoms with Gasteiger partial charge in [0.05, 0.1) is 17.2 Å². The Balaban J connectivity index is 1.18. The van der Waals surface area contributed by atoms with Gasteiger partial charge in [0.1, 0.15) is 0 Å². The van der Waals surface area contributed by atoms with Crippen molar-refractivity contribution in [3.8, 4) is 0 Å². The van der Waals surface area contributed by atoms with E-state index in [9.17, 15) is 14.4 Å². The number of nitrogens with one attached hydrogen (secondary N) is 3. The van der Waals surface area contributed by atoms with Crippen molar-refractivity contribution in [1.82, 2.24) is 25.0 Å². The second-order valence-electron chi connectivity index (χ2n) is 12.6. The molecule has 0 unspecified atom stereocenters. The van der Waals surface area contributed by atoms with Crippen LogP contribution in [0.25, 0.3) is 11.6 Å². The van der Waals surface area contributed by atoms with Crippen LogP contribution in [-0.2, 0) is 4.79 Å². The van der Waals surface area contributed by atoms with E-state index in [1.165, 1.54) is 12.8 Å². The van der Waals surface area contributed by atoms with Gasteiger partial charge in [-0.15, -0.1) is 0 Å². The van der Waals surface area contributed by atoms with Crippen LogP contribution in [0.2, 0.25) is 0 Å². The van der Waals surface area contributed by atoms with Crippen molar-refractivity contribution in [2.75, 3.05) is 51.6 Å². The zero-order valence-electron chi connectivity index (χ0n) is 26.8. The van der Waals surface area contributed by atoms with Gasteiger partial charge in [-0.1, -0.05) is 37.3 Å². The number of anilines is 1. The Hall–Kier alpha value is -4.21. The van der Waals surface area contributed by atoms with Gasteiger partial charge in [0, 0.05) is 60.4 Å². The number of aryl methyl sites for hydroxylation is 1. The predicted octanol–water partition coefficient (Wildman–Crippen LogP) is 4.86. The fourth-order valence-corrected chi connectivity index (χ4v) is 7.01. The van der Waals surface area contributed by atoms with E-state index in [1.807, 2.05) is 56.0 Å². The van der Waals surface area contributed by atoms with Crippen LogP contribution in [0, 0.1) is 13.8 Å². The Labute approximate surface area is 265 Å². The fourth-order valence-electron chi connectivity index (χ4n) is 7.01. The summed E-state index contributed by atoms with van der Waals surface area (Å²) >= 11 is 0. The summed E-state index contributed by atoms with van der Waals surface area (Å²) in [4.78, 5) is 50.4. The Morgan fingerprint density at radius 2 is 1.71 bits per heavy atom. The molecule has 3 aromatic rings. The predicted molar refractivity (Wildman–Crippen MR) is 178 cm³/mol. The van der Waals surface area contributed by atoms with Gasteiger partial charge in [-0.2, -0.15) is 0 Å². The Morgan fingerprint density at radius 1 is 1.00 bits per heavy atom. The van der Waals surface area contributed by atoms with Crippen LogP contribution in [0.15, 0.2) is 48.5 Å². The molecule has 2 saturated heterocycles. The van der Waals surface area contributed by atoms with Gasteiger partial charge < -0.3 is 25.4 Å². The lowest BCUT2D eigenvalue weighted by molar-refractivity contribution is -0.110. The van der Waals surface area contributed by atoms with Crippen molar-refractivity contribution in [2.45, 2.75) is 52.1 Å². The Morgan fingerprint density at radius 3 is 2.40 bits per heavy atom. The van der Waals surface area contributed by atoms with Crippen LogP contribution in [0.3, 0.4) is 0 Å². The highest BCUT2D eigenvalue weighted by atomic mass is 16.2. The molecule has 4 heterocycles. The molecule has 0 bridgehead atoms. The number of fused-ring (bicyclic) bond motifs is 1. The van der Waals surface area contributed by atoms with Crippen molar-refractivity contribution < 1.29 is 14.4 Å². The summed E-state index contributed by atoms with van der Waals surface area (Å²) < 4.78 is 0. The van der Waals surface area contributed by atoms with Gasteiger partial charge in [-0.3, -0.25) is 19.3 Å². The maximum Gasteiger partial charge on any atom is 0.256 e. The van der Waals surface area contributed by atoms with Gasteiger partial charge in [-0.05, 0) is 88.6 Å². The number of piperazine rings is 1. The number of likely N-dealkylation sites (tertiary alicyclic amines) is 1. The third kappa shape index (κ3) is 6.32. The lowest BCUT2D eigenvalue weighted by Crippen LogP contribution is -2.54. The summed E-state index contributed by atoms with van der Waals surface area (Å²) in [5.74, 6) is -0.390. The first kappa shape index (κ1) is 30.8. The van der Waals surface area contributed by atoms with E-state index < -0.39 is 0 Å². The van der Waals surface area contributed by atoms with E-state index in [2.05, 4.69) is 32.5 Å². The second-order valence-corrected chi connectivity index (χ2v) is 12.6. The van der Waals surface area contributed by atoms with Crippen molar-refractivity contribution in [2.24, 2.45) is 0 Å². The van der Waals surface area contributed by atoms with Crippen LogP contribution in [0.5, 0.6) is 0 Å². The number of hydrogen-bond donors (Lipinski definition) is 3. The first-order valence-corrected chi connectivity index (χ1v) is 16.2. The molecular weight excluding hydrogens is 564 g/mol. The van der Waals surface area contributed by atoms with E-state index in [1.54, 1.807) is 24.3 Å². The summed E-state index contributed by atoms with van der Waals surface area (Å²) in [6.45, 7) is 11.4. The molecule has 3 N–H and O–H groups in total. The largest absolute Gasteiger partial charge is 0.358 e. The molecule has 0 spiro atoms. The minimum Gasteiger partial charge on any atom is -0.358 e. The molecule has 45 heavy (non-hydrogen) atoms. The molecule has 0 saturated carbocycles. The molecule has 9 heteroatoms. The summed E-state index contributed by atoms with van der Waals surface area (Å²) in [7, 11) is 2.18. The van der Waals surface area contributed by atoms with Crippen LogP contribution in [0.1, 0.15) is 81.0 Å². The maximum absolute atomic E-state index is 13.8. The highest BCUT2D eigenvalue weighted by Crippen LogP contribution is 2.35. The summed E-state index contributed by atoms with van der Waals surface area (Å²) in [6.07, 6.45) is 4.94. The molecule has 2 fully saturated rings. The monoisotopic (exact) mass is 608 g/mol. The summed E-state index contributed by atoms with van der Waals surface area (Å²) in [6, 6.07) is 15.7. The molecule has 1 atom stereocenters. The van der Waals surface area contributed by atoms with Crippen molar-refractivity contribution >= 4 is 35.1 Å². The van der Waals surface area contributed by atoms with Gasteiger partial charge >= 0.3 is 0 Å².